The van der Waals surface area contributed by atoms with Gasteiger partial charge in [0.25, 0.3) is 0 Å². The largest absolute Gasteiger partial charge is 0 e. The van der Waals surface area contributed by atoms with E-state index in [2.05, 4.69) is 3.24 Å². The van der Waals surface area contributed by atoms with Gasteiger partial charge < -0.3 is 0 Å². The third-order valence-corrected chi connectivity index (χ3v) is 0.709. The third kappa shape index (κ3) is 8.83. The SMILES string of the molecule is CC(=O)[O][Au].[Mn]. The number of carbonyl (C=O) groups is 1. The number of hydrogen-bond donors (Lipinski definition) is 0. The second kappa shape index (κ2) is 5.73. The molecule has 0 N–H and O–H groups in total. The summed E-state index contributed by atoms with van der Waals surface area (Å²) in [6.07, 6.45) is 0. The Labute approximate surface area is 59.5 Å². The van der Waals surface area contributed by atoms with Crippen molar-refractivity contribution in [3.8, 4) is 0 Å². The zero-order valence-electron chi connectivity index (χ0n) is 3.00. The van der Waals surface area contributed by atoms with Crippen molar-refractivity contribution in [3.63, 3.8) is 0 Å². The molecule has 6 heavy (non-hydrogen) atoms. The molecule has 0 fully saturated rings. The van der Waals surface area contributed by atoms with Crippen LogP contribution in [0.15, 0.2) is 0 Å². The van der Waals surface area contributed by atoms with Crippen LogP contribution in [-0.2, 0) is 46.6 Å². The molecule has 0 heterocycles. The van der Waals surface area contributed by atoms with Gasteiger partial charge in [0.1, 0.15) is 0 Å². The van der Waals surface area contributed by atoms with Crippen LogP contribution in [-0.4, -0.2) is 5.97 Å². The van der Waals surface area contributed by atoms with Gasteiger partial charge in [0.05, 0.1) is 0 Å². The van der Waals surface area contributed by atoms with Crippen LogP contribution in [0.1, 0.15) is 6.92 Å². The van der Waals surface area contributed by atoms with Gasteiger partial charge in [0.2, 0.25) is 0 Å². The average Bonchev–Trinajstić information content (AvgIpc) is 1.38. The van der Waals surface area contributed by atoms with Crippen LogP contribution < -0.4 is 0 Å². The van der Waals surface area contributed by atoms with Gasteiger partial charge in [-0.25, -0.2) is 0 Å². The fourth-order valence-corrected chi connectivity index (χ4v) is 0. The molecular weight excluding hydrogens is 308 g/mol. The minimum atomic E-state index is -0.270. The van der Waals surface area contributed by atoms with Crippen molar-refractivity contribution in [1.29, 1.82) is 0 Å². The fraction of sp³-hybridized carbons (Fsp3) is 0.500. The summed E-state index contributed by atoms with van der Waals surface area (Å²) in [4.78, 5) is 9.58. The molecule has 0 amide bonds. The molecular formula is C2H3AuMnO2. The van der Waals surface area contributed by atoms with E-state index in [0.29, 0.717) is 0 Å². The summed E-state index contributed by atoms with van der Waals surface area (Å²) in [5.41, 5.74) is 0. The molecule has 0 aliphatic carbocycles. The van der Waals surface area contributed by atoms with E-state index in [4.69, 9.17) is 0 Å². The van der Waals surface area contributed by atoms with E-state index in [1.807, 2.05) is 0 Å². The van der Waals surface area contributed by atoms with E-state index in [1.165, 1.54) is 6.92 Å². The van der Waals surface area contributed by atoms with E-state index in [0.717, 1.165) is 0 Å². The monoisotopic (exact) mass is 311 g/mol. The van der Waals surface area contributed by atoms with Crippen molar-refractivity contribution in [3.05, 3.63) is 0 Å². The van der Waals surface area contributed by atoms with Crippen LogP contribution in [0.3, 0.4) is 0 Å². The Bertz CT molecular complexity index is 46.8. The minimum absolute atomic E-state index is 0. The van der Waals surface area contributed by atoms with Crippen molar-refractivity contribution >= 4 is 5.97 Å². The minimum Gasteiger partial charge on any atom is 0 e. The maximum absolute atomic E-state index is 9.58. The molecule has 0 saturated carbocycles. The van der Waals surface area contributed by atoms with Gasteiger partial charge in [0, 0.05) is 17.1 Å². The molecule has 0 saturated heterocycles. The summed E-state index contributed by atoms with van der Waals surface area (Å²) in [5.74, 6) is -0.270. The summed E-state index contributed by atoms with van der Waals surface area (Å²) >= 11 is 1.68. The van der Waals surface area contributed by atoms with Gasteiger partial charge in [-0.15, -0.1) is 0 Å². The van der Waals surface area contributed by atoms with Gasteiger partial charge in [-0.1, -0.05) is 0 Å². The molecule has 0 spiro atoms. The number of rotatable bonds is 0. The number of hydrogen-bond acceptors (Lipinski definition) is 2. The van der Waals surface area contributed by atoms with E-state index >= 15 is 0 Å². The second-order valence-corrected chi connectivity index (χ2v) is 0.995. The van der Waals surface area contributed by atoms with Crippen LogP contribution in [0.2, 0.25) is 0 Å². The zero-order chi connectivity index (χ0) is 4.28. The Balaban J connectivity index is 0. The first-order valence-electron chi connectivity index (χ1n) is 1.03. The zero-order valence-corrected chi connectivity index (χ0v) is 6.34. The van der Waals surface area contributed by atoms with Crippen molar-refractivity contribution in [1.82, 2.24) is 0 Å². The molecule has 4 heteroatoms. The van der Waals surface area contributed by atoms with E-state index in [-0.39, 0.29) is 23.0 Å². The first kappa shape index (κ1) is 9.88. The van der Waals surface area contributed by atoms with Crippen LogP contribution in [0.5, 0.6) is 0 Å². The smallest absolute Gasteiger partial charge is 0 e. The van der Waals surface area contributed by atoms with Gasteiger partial charge in [-0.05, 0) is 0 Å². The molecule has 41 valence electrons. The van der Waals surface area contributed by atoms with Gasteiger partial charge >= 0.3 is 42.4 Å². The Hall–Kier alpha value is 0.730. The van der Waals surface area contributed by atoms with Crippen LogP contribution in [0.4, 0.5) is 0 Å². The maximum atomic E-state index is 9.58. The predicted molar refractivity (Wildman–Crippen MR) is 11.8 cm³/mol. The summed E-state index contributed by atoms with van der Waals surface area (Å²) in [7, 11) is 0. The maximum Gasteiger partial charge on any atom is 0 e. The van der Waals surface area contributed by atoms with Crippen LogP contribution in [0, 0.1) is 0 Å². The first-order valence-corrected chi connectivity index (χ1v) is 1.92. The molecule has 0 aliphatic heterocycles. The molecule has 0 aliphatic rings. The Morgan fingerprint density at radius 2 is 2.00 bits per heavy atom. The average molecular weight is 311 g/mol. The molecule has 0 unspecified atom stereocenters. The normalized spacial score (nSPS) is 5.83. The molecule has 0 rings (SSSR count). The summed E-state index contributed by atoms with van der Waals surface area (Å²) in [6.45, 7) is 1.35. The molecule has 1 radical (unpaired) electrons. The summed E-state index contributed by atoms with van der Waals surface area (Å²) in [5, 5.41) is 0. The second-order valence-electron chi connectivity index (χ2n) is 0.553. The van der Waals surface area contributed by atoms with E-state index in [1.54, 1.807) is 21.5 Å². The summed E-state index contributed by atoms with van der Waals surface area (Å²) < 4.78 is 4.06. The van der Waals surface area contributed by atoms with Crippen LogP contribution >= 0.6 is 0 Å². The Morgan fingerprint density at radius 1 is 1.83 bits per heavy atom. The van der Waals surface area contributed by atoms with Crippen LogP contribution in [0.25, 0.3) is 0 Å². The summed E-state index contributed by atoms with van der Waals surface area (Å²) in [6, 6.07) is 0. The van der Waals surface area contributed by atoms with Gasteiger partial charge in [0.15, 0.2) is 0 Å². The third-order valence-electron chi connectivity index (χ3n) is 0.0867. The quantitative estimate of drug-likeness (QED) is 0.589. The van der Waals surface area contributed by atoms with Gasteiger partial charge in [-0.2, -0.15) is 0 Å². The van der Waals surface area contributed by atoms with Crippen molar-refractivity contribution in [2.75, 3.05) is 0 Å². The molecule has 0 atom stereocenters. The molecule has 0 bridgehead atoms. The standard InChI is InChI=1S/C2H4O2.Au.Mn/c1-2(3)4;;/h1H3,(H,3,4);;/q;+1;/p-1. The van der Waals surface area contributed by atoms with Crippen molar-refractivity contribution < 1.29 is 46.6 Å². The molecule has 2 nitrogen and oxygen atoms in total. The van der Waals surface area contributed by atoms with Gasteiger partial charge in [-0.3, -0.25) is 0 Å². The van der Waals surface area contributed by atoms with Crippen molar-refractivity contribution in [2.45, 2.75) is 6.92 Å². The first-order chi connectivity index (χ1) is 2.27. The van der Waals surface area contributed by atoms with Crippen molar-refractivity contribution in [2.24, 2.45) is 0 Å². The molecule has 0 aromatic carbocycles. The predicted octanol–water partition coefficient (Wildman–Crippen LogP) is 0.00880. The van der Waals surface area contributed by atoms with E-state index in [9.17, 15) is 4.79 Å². The van der Waals surface area contributed by atoms with E-state index < -0.39 is 0 Å². The number of carbonyl (C=O) groups excluding carboxylic acids is 1. The fourth-order valence-electron chi connectivity index (χ4n) is 0. The molecule has 0 aromatic heterocycles. The Kier molecular flexibility index (Phi) is 9.43. The molecule has 0 aromatic rings. The topological polar surface area (TPSA) is 26.3 Å². The Morgan fingerprint density at radius 3 is 2.00 bits per heavy atom.